The lowest BCUT2D eigenvalue weighted by Crippen LogP contribution is -2.60. The maximum absolute atomic E-state index is 5.76. The van der Waals surface area contributed by atoms with Crippen LogP contribution in [-0.2, 0) is 18.0 Å². The summed E-state index contributed by atoms with van der Waals surface area (Å²) < 4.78 is 22.5. The van der Waals surface area contributed by atoms with E-state index in [1.807, 2.05) is 0 Å². The summed E-state index contributed by atoms with van der Waals surface area (Å²) in [5.74, 6) is 0.549. The molecule has 1 unspecified atom stereocenters. The average molecular weight is 246 g/mol. The van der Waals surface area contributed by atoms with Gasteiger partial charge in [-0.15, -0.1) is 0 Å². The molecule has 1 saturated heterocycles. The Morgan fingerprint density at radius 3 is 1.88 bits per heavy atom. The van der Waals surface area contributed by atoms with Gasteiger partial charge in [0.2, 0.25) is 0 Å². The summed E-state index contributed by atoms with van der Waals surface area (Å²) in [6, 6.07) is 0. The summed E-state index contributed by atoms with van der Waals surface area (Å²) in [7, 11) is 2.37. The van der Waals surface area contributed by atoms with Crippen molar-refractivity contribution in [3.8, 4) is 0 Å². The van der Waals surface area contributed by atoms with Crippen molar-refractivity contribution in [3.05, 3.63) is 0 Å². The van der Waals surface area contributed by atoms with Gasteiger partial charge >= 0.3 is 8.80 Å². The van der Waals surface area contributed by atoms with Crippen LogP contribution in [0.1, 0.15) is 32.1 Å². The smallest absolute Gasteiger partial charge is 0.375 e. The van der Waals surface area contributed by atoms with Crippen molar-refractivity contribution in [3.63, 3.8) is 0 Å². The fourth-order valence-electron chi connectivity index (χ4n) is 3.08. The molecular formula is C11H22O4Si. The van der Waals surface area contributed by atoms with Crippen LogP contribution in [0, 0.1) is 5.92 Å². The van der Waals surface area contributed by atoms with Crippen LogP contribution in [0.25, 0.3) is 0 Å². The van der Waals surface area contributed by atoms with E-state index in [2.05, 4.69) is 0 Å². The summed E-state index contributed by atoms with van der Waals surface area (Å²) in [4.78, 5) is 0. The molecule has 0 bridgehead atoms. The van der Waals surface area contributed by atoms with E-state index in [0.29, 0.717) is 5.92 Å². The third-order valence-electron chi connectivity index (χ3n) is 4.04. The Kier molecular flexibility index (Phi) is 3.71. The topological polar surface area (TPSA) is 40.2 Å². The molecule has 2 fully saturated rings. The van der Waals surface area contributed by atoms with Crippen molar-refractivity contribution in [2.45, 2.75) is 37.3 Å². The van der Waals surface area contributed by atoms with Crippen molar-refractivity contribution < 1.29 is 18.0 Å². The lowest BCUT2D eigenvalue weighted by Gasteiger charge is -2.36. The largest absolute Gasteiger partial charge is 0.536 e. The standard InChI is InChI=1S/C11H22O4Si/c1-12-16(13-2,14-3)11(9-15-11)10-7-5-4-6-8-10/h10H,4-9H2,1-3H3. The number of hydrogen-bond donors (Lipinski definition) is 0. The molecule has 0 radical (unpaired) electrons. The summed E-state index contributed by atoms with van der Waals surface area (Å²) in [5, 5.41) is -0.244. The van der Waals surface area contributed by atoms with Gasteiger partial charge in [0.25, 0.3) is 0 Å². The lowest BCUT2D eigenvalue weighted by molar-refractivity contribution is 0.0618. The molecule has 5 heteroatoms. The van der Waals surface area contributed by atoms with Crippen LogP contribution in [0.15, 0.2) is 0 Å². The fourth-order valence-corrected chi connectivity index (χ4v) is 5.83. The van der Waals surface area contributed by atoms with Crippen LogP contribution in [0.4, 0.5) is 0 Å². The fraction of sp³-hybridized carbons (Fsp3) is 1.00. The van der Waals surface area contributed by atoms with Crippen LogP contribution < -0.4 is 0 Å². The van der Waals surface area contributed by atoms with Crippen LogP contribution in [-0.4, -0.2) is 42.0 Å². The van der Waals surface area contributed by atoms with E-state index >= 15 is 0 Å². The molecule has 2 aliphatic rings. The Labute approximate surface area is 98.6 Å². The van der Waals surface area contributed by atoms with Gasteiger partial charge in [0.15, 0.2) is 5.22 Å². The van der Waals surface area contributed by atoms with Crippen molar-refractivity contribution in [1.29, 1.82) is 0 Å². The maximum atomic E-state index is 5.76. The number of hydrogen-bond acceptors (Lipinski definition) is 4. The van der Waals surface area contributed by atoms with Gasteiger partial charge in [0.1, 0.15) is 0 Å². The summed E-state index contributed by atoms with van der Waals surface area (Å²) in [6.45, 7) is 0.736. The van der Waals surface area contributed by atoms with Crippen LogP contribution in [0.3, 0.4) is 0 Å². The first kappa shape index (κ1) is 12.5. The predicted octanol–water partition coefficient (Wildman–Crippen LogP) is 1.75. The molecule has 0 amide bonds. The highest BCUT2D eigenvalue weighted by molar-refractivity contribution is 6.65. The minimum absolute atomic E-state index is 0.244. The molecule has 1 atom stereocenters. The molecule has 0 spiro atoms. The summed E-state index contributed by atoms with van der Waals surface area (Å²) in [5.41, 5.74) is 0. The van der Waals surface area contributed by atoms with E-state index in [1.165, 1.54) is 32.1 Å². The predicted molar refractivity (Wildman–Crippen MR) is 62.0 cm³/mol. The quantitative estimate of drug-likeness (QED) is 0.547. The Balaban J connectivity index is 2.15. The lowest BCUT2D eigenvalue weighted by atomic mass is 9.87. The van der Waals surface area contributed by atoms with Crippen molar-refractivity contribution in [1.82, 2.24) is 0 Å². The van der Waals surface area contributed by atoms with E-state index in [-0.39, 0.29) is 5.22 Å². The maximum Gasteiger partial charge on any atom is 0.536 e. The molecule has 4 nitrogen and oxygen atoms in total. The van der Waals surface area contributed by atoms with Gasteiger partial charge in [-0.1, -0.05) is 19.3 Å². The first-order valence-electron chi connectivity index (χ1n) is 6.04. The molecule has 2 rings (SSSR count). The second-order valence-electron chi connectivity index (χ2n) is 4.68. The van der Waals surface area contributed by atoms with Gasteiger partial charge in [-0.25, -0.2) is 0 Å². The third-order valence-corrected chi connectivity index (χ3v) is 7.39. The van der Waals surface area contributed by atoms with Gasteiger partial charge < -0.3 is 18.0 Å². The first-order chi connectivity index (χ1) is 7.74. The Morgan fingerprint density at radius 2 is 1.50 bits per heavy atom. The molecule has 16 heavy (non-hydrogen) atoms. The second-order valence-corrected chi connectivity index (χ2v) is 7.87. The SMILES string of the molecule is CO[Si](OC)(OC)C1(C2CCCCC2)CO1. The molecule has 0 aromatic heterocycles. The molecule has 0 aromatic rings. The van der Waals surface area contributed by atoms with E-state index < -0.39 is 8.80 Å². The number of rotatable bonds is 5. The average Bonchev–Trinajstić information content (AvgIpc) is 3.15. The van der Waals surface area contributed by atoms with Crippen LogP contribution in [0.5, 0.6) is 0 Å². The zero-order valence-electron chi connectivity index (χ0n) is 10.5. The van der Waals surface area contributed by atoms with Gasteiger partial charge in [-0.2, -0.15) is 0 Å². The van der Waals surface area contributed by atoms with Gasteiger partial charge in [-0.05, 0) is 18.8 Å². The van der Waals surface area contributed by atoms with Crippen LogP contribution >= 0.6 is 0 Å². The molecule has 1 aliphatic carbocycles. The highest BCUT2D eigenvalue weighted by Crippen LogP contribution is 2.49. The summed E-state index contributed by atoms with van der Waals surface area (Å²) >= 11 is 0. The van der Waals surface area contributed by atoms with E-state index in [9.17, 15) is 0 Å². The van der Waals surface area contributed by atoms with E-state index in [1.54, 1.807) is 21.3 Å². The van der Waals surface area contributed by atoms with E-state index in [4.69, 9.17) is 18.0 Å². The molecule has 94 valence electrons. The second kappa shape index (κ2) is 4.74. The van der Waals surface area contributed by atoms with Crippen molar-refractivity contribution >= 4 is 8.80 Å². The molecule has 1 heterocycles. The normalized spacial score (nSPS) is 31.7. The third kappa shape index (κ3) is 1.75. The summed E-state index contributed by atoms with van der Waals surface area (Å²) in [6.07, 6.45) is 6.35. The first-order valence-corrected chi connectivity index (χ1v) is 7.76. The number of epoxide rings is 1. The molecule has 1 saturated carbocycles. The van der Waals surface area contributed by atoms with Crippen molar-refractivity contribution in [2.24, 2.45) is 5.92 Å². The molecule has 0 N–H and O–H groups in total. The van der Waals surface area contributed by atoms with Crippen molar-refractivity contribution in [2.75, 3.05) is 27.9 Å². The minimum atomic E-state index is -2.64. The Bertz CT molecular complexity index is 224. The number of ether oxygens (including phenoxy) is 1. The Hall–Kier alpha value is 0.0569. The highest BCUT2D eigenvalue weighted by atomic mass is 28.4. The van der Waals surface area contributed by atoms with Gasteiger partial charge in [0, 0.05) is 21.3 Å². The molecule has 1 aliphatic heterocycles. The molecule has 0 aromatic carbocycles. The highest BCUT2D eigenvalue weighted by Gasteiger charge is 2.72. The van der Waals surface area contributed by atoms with E-state index in [0.717, 1.165) is 6.61 Å². The zero-order valence-corrected chi connectivity index (χ0v) is 11.5. The van der Waals surface area contributed by atoms with Gasteiger partial charge in [-0.3, -0.25) is 0 Å². The van der Waals surface area contributed by atoms with Gasteiger partial charge in [0.05, 0.1) is 6.61 Å². The monoisotopic (exact) mass is 246 g/mol. The Morgan fingerprint density at radius 1 is 1.00 bits per heavy atom. The zero-order chi connectivity index (χ0) is 11.6. The minimum Gasteiger partial charge on any atom is -0.375 e. The molecular weight excluding hydrogens is 224 g/mol. The van der Waals surface area contributed by atoms with Crippen LogP contribution in [0.2, 0.25) is 0 Å².